The van der Waals surface area contributed by atoms with Crippen LogP contribution in [0.1, 0.15) is 0 Å². The summed E-state index contributed by atoms with van der Waals surface area (Å²) in [6.45, 7) is 0. The Bertz CT molecular complexity index is 629. The molecular formula is C9H14N2O6S2. The molecule has 3 N–H and O–H groups in total. The van der Waals surface area contributed by atoms with Crippen LogP contribution in [0.5, 0.6) is 0 Å². The highest BCUT2D eigenvalue weighted by Gasteiger charge is 1.88. The molecule has 0 bridgehead atoms. The van der Waals surface area contributed by atoms with Crippen LogP contribution in [-0.4, -0.2) is 48.4 Å². The summed E-state index contributed by atoms with van der Waals surface area (Å²) in [4.78, 5) is 7.07. The van der Waals surface area contributed by atoms with Gasteiger partial charge >= 0.3 is 0 Å². The van der Waals surface area contributed by atoms with Crippen molar-refractivity contribution in [2.75, 3.05) is 12.5 Å². The van der Waals surface area contributed by atoms with Crippen molar-refractivity contribution in [1.29, 1.82) is 0 Å². The molecule has 2 rings (SSSR count). The van der Waals surface area contributed by atoms with Gasteiger partial charge in [-0.05, 0) is 12.1 Å². The molecule has 1 aromatic heterocycles. The van der Waals surface area contributed by atoms with Crippen molar-refractivity contribution in [3.05, 3.63) is 30.6 Å². The molecular weight excluding hydrogens is 296 g/mol. The minimum atomic E-state index is -3.67. The summed E-state index contributed by atoms with van der Waals surface area (Å²) < 4.78 is 51.7. The topological polar surface area (TPSA) is 137 Å². The van der Waals surface area contributed by atoms with Gasteiger partial charge in [-0.2, -0.15) is 16.8 Å². The first-order valence-corrected chi connectivity index (χ1v) is 8.39. The van der Waals surface area contributed by atoms with Gasteiger partial charge < -0.3 is 4.98 Å². The zero-order valence-electron chi connectivity index (χ0n) is 10.2. The van der Waals surface area contributed by atoms with Crippen LogP contribution in [0.3, 0.4) is 0 Å². The van der Waals surface area contributed by atoms with Crippen LogP contribution in [0, 0.1) is 0 Å². The van der Waals surface area contributed by atoms with Crippen LogP contribution in [0.2, 0.25) is 0 Å². The van der Waals surface area contributed by atoms with E-state index in [9.17, 15) is 16.8 Å². The Morgan fingerprint density at radius 2 is 1.42 bits per heavy atom. The van der Waals surface area contributed by atoms with Gasteiger partial charge in [0.25, 0.3) is 20.2 Å². The number of benzene rings is 1. The summed E-state index contributed by atoms with van der Waals surface area (Å²) in [5, 5.41) is 0. The van der Waals surface area contributed by atoms with Gasteiger partial charge in [-0.25, -0.2) is 4.98 Å². The maximum absolute atomic E-state index is 9.19. The number of nitrogens with one attached hydrogen (secondary N) is 1. The normalized spacial score (nSPS) is 10.9. The second-order valence-electron chi connectivity index (χ2n) is 3.39. The number of nitrogens with zero attached hydrogens (tertiary/aromatic N) is 1. The highest BCUT2D eigenvalue weighted by molar-refractivity contribution is 7.85. The van der Waals surface area contributed by atoms with E-state index in [0.29, 0.717) is 12.5 Å². The second-order valence-corrected chi connectivity index (χ2v) is 6.32. The van der Waals surface area contributed by atoms with Crippen LogP contribution in [-0.2, 0) is 20.2 Å². The van der Waals surface area contributed by atoms with Crippen LogP contribution >= 0.6 is 0 Å². The molecule has 0 unspecified atom stereocenters. The summed E-state index contributed by atoms with van der Waals surface area (Å²) >= 11 is 0. The average Bonchev–Trinajstić information content (AvgIpc) is 2.59. The smallest absolute Gasteiger partial charge is 0.261 e. The predicted octanol–water partition coefficient (Wildman–Crippen LogP) is 0.571. The van der Waals surface area contributed by atoms with Gasteiger partial charge in [-0.15, -0.1) is 0 Å². The number of hydrogen-bond donors (Lipinski definition) is 3. The molecule has 108 valence electrons. The number of imidazole rings is 1. The molecule has 0 saturated carbocycles. The highest BCUT2D eigenvalue weighted by Crippen LogP contribution is 2.05. The molecule has 0 fully saturated rings. The van der Waals surface area contributed by atoms with Gasteiger partial charge in [0.05, 0.1) is 29.9 Å². The van der Waals surface area contributed by atoms with E-state index in [1.807, 2.05) is 24.3 Å². The lowest BCUT2D eigenvalue weighted by molar-refractivity contribution is 0.488. The molecule has 1 heterocycles. The number of aromatic amines is 1. The van der Waals surface area contributed by atoms with Gasteiger partial charge in [0.1, 0.15) is 0 Å². The van der Waals surface area contributed by atoms with Crippen molar-refractivity contribution >= 4 is 31.3 Å². The van der Waals surface area contributed by atoms with Crippen LogP contribution in [0.25, 0.3) is 11.0 Å². The van der Waals surface area contributed by atoms with Crippen LogP contribution < -0.4 is 0 Å². The van der Waals surface area contributed by atoms with Crippen LogP contribution in [0.15, 0.2) is 30.6 Å². The van der Waals surface area contributed by atoms with Crippen molar-refractivity contribution in [1.82, 2.24) is 9.97 Å². The molecule has 19 heavy (non-hydrogen) atoms. The fourth-order valence-corrected chi connectivity index (χ4v) is 0.880. The van der Waals surface area contributed by atoms with Gasteiger partial charge in [-0.3, -0.25) is 9.11 Å². The summed E-state index contributed by atoms with van der Waals surface area (Å²) in [5.41, 5.74) is 2.12. The maximum Gasteiger partial charge on any atom is 0.261 e. The minimum Gasteiger partial charge on any atom is -0.345 e. The molecule has 8 nitrogen and oxygen atoms in total. The summed E-state index contributed by atoms with van der Waals surface area (Å²) in [6.07, 6.45) is 3.13. The lowest BCUT2D eigenvalue weighted by atomic mass is 10.3. The monoisotopic (exact) mass is 310 g/mol. The minimum absolute atomic E-state index is 0.715. The first-order valence-electron chi connectivity index (χ1n) is 4.70. The van der Waals surface area contributed by atoms with Crippen molar-refractivity contribution < 1.29 is 25.9 Å². The first-order chi connectivity index (χ1) is 8.47. The molecule has 1 aromatic carbocycles. The Balaban J connectivity index is 0.000000283. The third-order valence-corrected chi connectivity index (χ3v) is 1.33. The van der Waals surface area contributed by atoms with Crippen LogP contribution in [0.4, 0.5) is 0 Å². The Kier molecular flexibility index (Phi) is 6.62. The Morgan fingerprint density at radius 3 is 1.84 bits per heavy atom. The maximum atomic E-state index is 9.19. The average molecular weight is 310 g/mol. The molecule has 0 aliphatic rings. The quantitative estimate of drug-likeness (QED) is 0.605. The zero-order chi connectivity index (χ0) is 15.1. The van der Waals surface area contributed by atoms with Crippen molar-refractivity contribution in [2.24, 2.45) is 0 Å². The highest BCUT2D eigenvalue weighted by atomic mass is 32.2. The number of rotatable bonds is 0. The molecule has 0 radical (unpaired) electrons. The summed E-state index contributed by atoms with van der Waals surface area (Å²) in [5.74, 6) is 0. The second kappa shape index (κ2) is 7.19. The third kappa shape index (κ3) is 14.4. The van der Waals surface area contributed by atoms with Gasteiger partial charge in [0, 0.05) is 0 Å². The van der Waals surface area contributed by atoms with Gasteiger partial charge in [0.2, 0.25) is 0 Å². The number of para-hydroxylation sites is 2. The Hall–Kier alpha value is -1.49. The summed E-state index contributed by atoms with van der Waals surface area (Å²) in [7, 11) is -7.33. The van der Waals surface area contributed by atoms with Crippen molar-refractivity contribution in [3.8, 4) is 0 Å². The molecule has 10 heteroatoms. The van der Waals surface area contributed by atoms with E-state index in [2.05, 4.69) is 9.97 Å². The number of fused-ring (bicyclic) bond motifs is 1. The standard InChI is InChI=1S/C7H6N2.2CH4O3S/c1-2-4-7-6(3-1)8-5-9-7;2*1-5(2,3)4/h1-5H,(H,8,9);2*1H3,(H,2,3,4). The van der Waals surface area contributed by atoms with Gasteiger partial charge in [0.15, 0.2) is 0 Å². The Morgan fingerprint density at radius 1 is 1.00 bits per heavy atom. The molecule has 0 amide bonds. The lowest BCUT2D eigenvalue weighted by Gasteiger charge is -1.81. The summed E-state index contributed by atoms with van der Waals surface area (Å²) in [6, 6.07) is 7.94. The fraction of sp³-hybridized carbons (Fsp3) is 0.222. The fourth-order valence-electron chi connectivity index (χ4n) is 0.880. The number of aromatic nitrogens is 2. The number of hydrogen-bond acceptors (Lipinski definition) is 5. The van der Waals surface area contributed by atoms with E-state index in [4.69, 9.17) is 9.11 Å². The molecule has 0 aliphatic heterocycles. The van der Waals surface area contributed by atoms with Crippen molar-refractivity contribution in [3.63, 3.8) is 0 Å². The van der Waals surface area contributed by atoms with E-state index < -0.39 is 20.2 Å². The van der Waals surface area contributed by atoms with E-state index in [0.717, 1.165) is 11.0 Å². The number of H-pyrrole nitrogens is 1. The molecule has 0 saturated heterocycles. The third-order valence-electron chi connectivity index (χ3n) is 1.33. The van der Waals surface area contributed by atoms with Crippen molar-refractivity contribution in [2.45, 2.75) is 0 Å². The van der Waals surface area contributed by atoms with E-state index in [1.165, 1.54) is 0 Å². The zero-order valence-corrected chi connectivity index (χ0v) is 11.8. The molecule has 0 atom stereocenters. The Labute approximate surface area is 111 Å². The predicted molar refractivity (Wildman–Crippen MR) is 71.0 cm³/mol. The molecule has 2 aromatic rings. The SMILES string of the molecule is CS(=O)(=O)O.CS(=O)(=O)O.c1ccc2[nH]cnc2c1. The molecule has 0 spiro atoms. The van der Waals surface area contributed by atoms with E-state index in [-0.39, 0.29) is 0 Å². The first kappa shape index (κ1) is 17.5. The van der Waals surface area contributed by atoms with E-state index >= 15 is 0 Å². The largest absolute Gasteiger partial charge is 0.345 e. The van der Waals surface area contributed by atoms with Gasteiger partial charge in [-0.1, -0.05) is 12.1 Å². The van der Waals surface area contributed by atoms with E-state index in [1.54, 1.807) is 6.33 Å². The molecule has 0 aliphatic carbocycles. The lowest BCUT2D eigenvalue weighted by Crippen LogP contribution is -1.88.